The summed E-state index contributed by atoms with van der Waals surface area (Å²) in [6, 6.07) is 0. The van der Waals surface area contributed by atoms with Crippen LogP contribution in [0.1, 0.15) is 0 Å². The van der Waals surface area contributed by atoms with Gasteiger partial charge in [0.2, 0.25) is 3.23 Å². The van der Waals surface area contributed by atoms with Crippen LogP contribution in [0, 0.1) is 0 Å². The summed E-state index contributed by atoms with van der Waals surface area (Å²) in [6.45, 7) is 0. The highest BCUT2D eigenvalue weighted by Gasteiger charge is 2.62. The van der Waals surface area contributed by atoms with Gasteiger partial charge in [0.25, 0.3) is 0 Å². The highest BCUT2D eigenvalue weighted by atomic mass is 79.9. The van der Waals surface area contributed by atoms with E-state index in [2.05, 4.69) is 63.7 Å². The van der Waals surface area contributed by atoms with E-state index in [0.717, 1.165) is 0 Å². The summed E-state index contributed by atoms with van der Waals surface area (Å²) >= 11 is 15.3. The first-order valence-electron chi connectivity index (χ1n) is 2.01. The first-order chi connectivity index (χ1) is 4.50. The van der Waals surface area contributed by atoms with E-state index in [0.29, 0.717) is 0 Å². The van der Waals surface area contributed by atoms with Gasteiger partial charge >= 0.3 is 6.18 Å². The lowest BCUT2D eigenvalue weighted by Gasteiger charge is -2.30. The van der Waals surface area contributed by atoms with E-state index in [4.69, 9.17) is 11.6 Å². The van der Waals surface area contributed by atoms with Crippen LogP contribution in [0.4, 0.5) is 13.2 Å². The Kier molecular flexibility index (Phi) is 4.29. The van der Waals surface area contributed by atoms with Gasteiger partial charge in [0, 0.05) is 0 Å². The molecule has 0 atom stereocenters. The second-order valence-electron chi connectivity index (χ2n) is 1.57. The topological polar surface area (TPSA) is 0 Å². The van der Waals surface area contributed by atoms with E-state index in [1.807, 2.05) is 0 Å². The maximum atomic E-state index is 12.1. The van der Waals surface area contributed by atoms with Gasteiger partial charge in [0.1, 0.15) is 0 Å². The van der Waals surface area contributed by atoms with Gasteiger partial charge in [-0.25, -0.2) is 0 Å². The van der Waals surface area contributed by atoms with E-state index in [1.165, 1.54) is 0 Å². The molecular formula is C3Br4ClF3. The zero-order chi connectivity index (χ0) is 9.50. The second kappa shape index (κ2) is 3.63. The zero-order valence-corrected chi connectivity index (χ0v) is 11.6. The molecule has 0 saturated heterocycles. The van der Waals surface area contributed by atoms with E-state index < -0.39 is 12.1 Å². The van der Waals surface area contributed by atoms with Crippen LogP contribution in [-0.2, 0) is 0 Å². The molecule has 0 N–H and O–H groups in total. The zero-order valence-electron chi connectivity index (χ0n) is 4.52. The highest BCUT2D eigenvalue weighted by molar-refractivity contribution is 9.31. The van der Waals surface area contributed by atoms with E-state index in [1.54, 1.807) is 0 Å². The maximum Gasteiger partial charge on any atom is 0.417 e. The molecule has 0 radical (unpaired) electrons. The fourth-order valence-corrected chi connectivity index (χ4v) is 0.717. The van der Waals surface area contributed by atoms with Crippen molar-refractivity contribution in [2.45, 2.75) is 12.1 Å². The lowest BCUT2D eigenvalue weighted by atomic mass is 10.5. The molecule has 0 spiro atoms. The summed E-state index contributed by atoms with van der Waals surface area (Å²) in [5.74, 6) is 0. The SMILES string of the molecule is FC(F)(F)C(Br)(Br)C(Cl)(Br)Br. The first-order valence-corrected chi connectivity index (χ1v) is 5.56. The molecule has 0 amide bonds. The lowest BCUT2D eigenvalue weighted by Crippen LogP contribution is -2.43. The number of alkyl halides is 8. The van der Waals surface area contributed by atoms with Crippen molar-refractivity contribution in [2.75, 3.05) is 0 Å². The summed E-state index contributed by atoms with van der Waals surface area (Å²) in [5, 5.41) is 0. The average Bonchev–Trinajstić information content (AvgIpc) is 1.58. The molecule has 0 aliphatic carbocycles. The minimum Gasteiger partial charge on any atom is -0.168 e. The maximum absolute atomic E-state index is 12.1. The minimum absolute atomic E-state index is 1.81. The molecule has 0 aliphatic heterocycles. The monoisotopic (exact) mass is 444 g/mol. The van der Waals surface area contributed by atoms with Gasteiger partial charge in [-0.15, -0.1) is 0 Å². The number of rotatable bonds is 1. The fraction of sp³-hybridized carbons (Fsp3) is 1.00. The van der Waals surface area contributed by atoms with Crippen molar-refractivity contribution < 1.29 is 13.2 Å². The third-order valence-electron chi connectivity index (χ3n) is 0.712. The van der Waals surface area contributed by atoms with Gasteiger partial charge in [-0.1, -0.05) is 75.3 Å². The molecule has 0 rings (SSSR count). The van der Waals surface area contributed by atoms with E-state index in [-0.39, 0.29) is 0 Å². The Morgan fingerprint density at radius 3 is 1.18 bits per heavy atom. The normalized spacial score (nSPS) is 15.3. The third-order valence-corrected chi connectivity index (χ3v) is 6.86. The molecule has 0 aromatic rings. The molecule has 0 saturated carbocycles. The molecule has 0 aromatic heterocycles. The molecule has 0 nitrogen and oxygen atoms in total. The van der Waals surface area contributed by atoms with Crippen LogP contribution in [0.5, 0.6) is 0 Å². The van der Waals surface area contributed by atoms with Crippen molar-refractivity contribution in [1.29, 1.82) is 0 Å². The summed E-state index contributed by atoms with van der Waals surface area (Å²) in [6.07, 6.45) is -4.51. The Morgan fingerprint density at radius 2 is 1.18 bits per heavy atom. The Labute approximate surface area is 99.7 Å². The molecule has 0 bridgehead atoms. The van der Waals surface area contributed by atoms with Gasteiger partial charge < -0.3 is 0 Å². The predicted molar refractivity (Wildman–Crippen MR) is 53.1 cm³/mol. The molecule has 8 heteroatoms. The lowest BCUT2D eigenvalue weighted by molar-refractivity contribution is -0.131. The van der Waals surface area contributed by atoms with Crippen LogP contribution in [0.3, 0.4) is 0 Å². The molecular weight excluding hydrogens is 448 g/mol. The average molecular weight is 448 g/mol. The summed E-state index contributed by atoms with van der Waals surface area (Å²) in [5.41, 5.74) is 0. The van der Waals surface area contributed by atoms with Crippen LogP contribution in [-0.4, -0.2) is 12.1 Å². The Hall–Kier alpha value is 2.00. The summed E-state index contributed by atoms with van der Waals surface area (Å²) in [4.78, 5) is 0. The quantitative estimate of drug-likeness (QED) is 0.510. The van der Waals surface area contributed by atoms with Crippen molar-refractivity contribution in [3.63, 3.8) is 0 Å². The van der Waals surface area contributed by atoms with E-state index >= 15 is 0 Å². The van der Waals surface area contributed by atoms with Crippen LogP contribution in [0.15, 0.2) is 0 Å². The Morgan fingerprint density at radius 1 is 0.909 bits per heavy atom. The smallest absolute Gasteiger partial charge is 0.168 e. The molecule has 0 heterocycles. The van der Waals surface area contributed by atoms with Crippen LogP contribution in [0.25, 0.3) is 0 Å². The van der Waals surface area contributed by atoms with Gasteiger partial charge in [-0.2, -0.15) is 13.2 Å². The van der Waals surface area contributed by atoms with Crippen LogP contribution < -0.4 is 0 Å². The molecule has 0 fully saturated rings. The van der Waals surface area contributed by atoms with Crippen molar-refractivity contribution >= 4 is 75.3 Å². The summed E-state index contributed by atoms with van der Waals surface area (Å²) < 4.78 is 32.1. The predicted octanol–water partition coefficient (Wildman–Crippen LogP) is 4.72. The van der Waals surface area contributed by atoms with Crippen molar-refractivity contribution in [3.8, 4) is 0 Å². The van der Waals surface area contributed by atoms with Crippen LogP contribution in [0.2, 0.25) is 0 Å². The first kappa shape index (κ1) is 13.0. The largest absolute Gasteiger partial charge is 0.417 e. The van der Waals surface area contributed by atoms with Gasteiger partial charge in [0.05, 0.1) is 0 Å². The van der Waals surface area contributed by atoms with Crippen molar-refractivity contribution in [3.05, 3.63) is 0 Å². The fourth-order valence-electron chi connectivity index (χ4n) is 0.161. The standard InChI is InChI=1S/C3Br4ClF3/c4-1(5,2(6,7)8)3(9,10)11. The Bertz CT molecular complexity index is 132. The van der Waals surface area contributed by atoms with Crippen molar-refractivity contribution in [2.24, 2.45) is 0 Å². The molecule has 11 heavy (non-hydrogen) atoms. The second-order valence-corrected chi connectivity index (χ2v) is 9.94. The molecule has 0 unspecified atom stereocenters. The van der Waals surface area contributed by atoms with E-state index in [9.17, 15) is 13.2 Å². The highest BCUT2D eigenvalue weighted by Crippen LogP contribution is 2.58. The van der Waals surface area contributed by atoms with Crippen LogP contribution >= 0.6 is 75.3 Å². The van der Waals surface area contributed by atoms with Gasteiger partial charge in [-0.05, 0) is 0 Å². The summed E-state index contributed by atoms with van der Waals surface area (Å²) in [7, 11) is 0. The molecule has 0 aromatic carbocycles. The van der Waals surface area contributed by atoms with Crippen molar-refractivity contribution in [1.82, 2.24) is 0 Å². The Balaban J connectivity index is 4.75. The number of hydrogen-bond donors (Lipinski definition) is 0. The third kappa shape index (κ3) is 3.00. The number of halogens is 8. The molecule has 68 valence electrons. The minimum atomic E-state index is -4.51. The molecule has 0 aliphatic rings. The van der Waals surface area contributed by atoms with Gasteiger partial charge in [0.15, 0.2) is 2.69 Å². The van der Waals surface area contributed by atoms with Gasteiger partial charge in [-0.3, -0.25) is 0 Å². The number of hydrogen-bond acceptors (Lipinski definition) is 0.